The first-order chi connectivity index (χ1) is 11.4. The van der Waals surface area contributed by atoms with Crippen molar-refractivity contribution >= 4 is 27.6 Å². The van der Waals surface area contributed by atoms with Crippen LogP contribution in [0.4, 0.5) is 6.01 Å². The summed E-state index contributed by atoms with van der Waals surface area (Å²) >= 11 is 6.04. The number of aromatic nitrogens is 2. The fourth-order valence-corrected chi connectivity index (χ4v) is 4.26. The molecule has 2 heterocycles. The average Bonchev–Trinajstić information content (AvgIpc) is 3.01. The SMILES string of the molecule is COc1ccc(S(=O)(=O)N2CCN(c3nnc(C)o3)CC2)cc1Cl. The average molecular weight is 373 g/mol. The van der Waals surface area contributed by atoms with E-state index in [0.717, 1.165) is 0 Å². The predicted molar refractivity (Wildman–Crippen MR) is 88.0 cm³/mol. The smallest absolute Gasteiger partial charge is 0.318 e. The third-order valence-corrected chi connectivity index (χ3v) is 5.98. The molecule has 0 unspecified atom stereocenters. The van der Waals surface area contributed by atoms with E-state index in [1.54, 1.807) is 13.0 Å². The molecule has 1 saturated heterocycles. The summed E-state index contributed by atoms with van der Waals surface area (Å²) in [6.07, 6.45) is 0. The van der Waals surface area contributed by atoms with Crippen molar-refractivity contribution in [3.63, 3.8) is 0 Å². The van der Waals surface area contributed by atoms with Crippen LogP contribution in [0.1, 0.15) is 5.89 Å². The maximum atomic E-state index is 12.7. The largest absolute Gasteiger partial charge is 0.495 e. The van der Waals surface area contributed by atoms with Crippen molar-refractivity contribution in [3.8, 4) is 5.75 Å². The van der Waals surface area contributed by atoms with Crippen molar-refractivity contribution < 1.29 is 17.6 Å². The highest BCUT2D eigenvalue weighted by Crippen LogP contribution is 2.29. The van der Waals surface area contributed by atoms with Gasteiger partial charge in [-0.05, 0) is 18.2 Å². The molecular formula is C14H17ClN4O4S. The van der Waals surface area contributed by atoms with Gasteiger partial charge < -0.3 is 14.1 Å². The predicted octanol–water partition coefficient (Wildman–Crippen LogP) is 1.55. The van der Waals surface area contributed by atoms with Gasteiger partial charge in [0, 0.05) is 33.1 Å². The first-order valence-corrected chi connectivity index (χ1v) is 9.12. The molecule has 0 aliphatic carbocycles. The second kappa shape index (κ2) is 6.58. The van der Waals surface area contributed by atoms with Crippen molar-refractivity contribution in [2.75, 3.05) is 38.2 Å². The van der Waals surface area contributed by atoms with E-state index in [2.05, 4.69) is 10.2 Å². The van der Waals surface area contributed by atoms with Gasteiger partial charge in [0.15, 0.2) is 0 Å². The Morgan fingerprint density at radius 1 is 1.21 bits per heavy atom. The molecule has 1 aliphatic rings. The highest BCUT2D eigenvalue weighted by atomic mass is 35.5. The molecule has 8 nitrogen and oxygen atoms in total. The Morgan fingerprint density at radius 3 is 2.46 bits per heavy atom. The van der Waals surface area contributed by atoms with E-state index in [0.29, 0.717) is 43.8 Å². The summed E-state index contributed by atoms with van der Waals surface area (Å²) < 4.78 is 37.3. The number of nitrogens with zero attached hydrogens (tertiary/aromatic N) is 4. The van der Waals surface area contributed by atoms with Crippen molar-refractivity contribution in [2.24, 2.45) is 0 Å². The zero-order chi connectivity index (χ0) is 17.3. The third-order valence-electron chi connectivity index (χ3n) is 3.79. The van der Waals surface area contributed by atoms with Gasteiger partial charge in [-0.2, -0.15) is 4.31 Å². The quantitative estimate of drug-likeness (QED) is 0.804. The fraction of sp³-hybridized carbons (Fsp3) is 0.429. The van der Waals surface area contributed by atoms with Crippen LogP contribution in [0.3, 0.4) is 0 Å². The van der Waals surface area contributed by atoms with Gasteiger partial charge >= 0.3 is 6.01 Å². The number of methoxy groups -OCH3 is 1. The number of ether oxygens (including phenoxy) is 1. The molecule has 0 spiro atoms. The van der Waals surface area contributed by atoms with E-state index in [9.17, 15) is 8.42 Å². The van der Waals surface area contributed by atoms with Crippen LogP contribution in [-0.2, 0) is 10.0 Å². The van der Waals surface area contributed by atoms with Gasteiger partial charge in [0.2, 0.25) is 15.9 Å². The lowest BCUT2D eigenvalue weighted by atomic mass is 10.3. The van der Waals surface area contributed by atoms with E-state index in [-0.39, 0.29) is 9.92 Å². The summed E-state index contributed by atoms with van der Waals surface area (Å²) in [6, 6.07) is 4.86. The van der Waals surface area contributed by atoms with Crippen molar-refractivity contribution in [1.29, 1.82) is 0 Å². The first kappa shape index (κ1) is 17.0. The molecule has 0 radical (unpaired) electrons. The van der Waals surface area contributed by atoms with Gasteiger partial charge in [-0.1, -0.05) is 16.7 Å². The summed E-state index contributed by atoms with van der Waals surface area (Å²) in [6.45, 7) is 3.32. The van der Waals surface area contributed by atoms with Crippen LogP contribution in [0.25, 0.3) is 0 Å². The molecule has 0 saturated carbocycles. The number of aryl methyl sites for hydroxylation is 1. The lowest BCUT2D eigenvalue weighted by Gasteiger charge is -2.32. The highest BCUT2D eigenvalue weighted by molar-refractivity contribution is 7.89. The number of halogens is 1. The maximum Gasteiger partial charge on any atom is 0.318 e. The molecule has 0 bridgehead atoms. The van der Waals surface area contributed by atoms with E-state index in [1.165, 1.54) is 23.5 Å². The van der Waals surface area contributed by atoms with Gasteiger partial charge in [-0.3, -0.25) is 0 Å². The van der Waals surface area contributed by atoms with Crippen molar-refractivity contribution in [3.05, 3.63) is 29.1 Å². The summed E-state index contributed by atoms with van der Waals surface area (Å²) in [4.78, 5) is 2.02. The molecule has 1 fully saturated rings. The molecule has 1 aliphatic heterocycles. The topological polar surface area (TPSA) is 88.8 Å². The van der Waals surface area contributed by atoms with E-state index >= 15 is 0 Å². The normalized spacial score (nSPS) is 16.4. The summed E-state index contributed by atoms with van der Waals surface area (Å²) in [5.41, 5.74) is 0. The molecule has 1 aromatic heterocycles. The van der Waals surface area contributed by atoms with E-state index in [4.69, 9.17) is 20.8 Å². The van der Waals surface area contributed by atoms with E-state index in [1.807, 2.05) is 4.90 Å². The van der Waals surface area contributed by atoms with E-state index < -0.39 is 10.0 Å². The van der Waals surface area contributed by atoms with Gasteiger partial charge in [0.1, 0.15) is 5.75 Å². The number of anilines is 1. The maximum absolute atomic E-state index is 12.7. The van der Waals surface area contributed by atoms with Crippen LogP contribution < -0.4 is 9.64 Å². The molecule has 3 rings (SSSR count). The molecular weight excluding hydrogens is 356 g/mol. The number of piperazine rings is 1. The van der Waals surface area contributed by atoms with Gasteiger partial charge in [-0.15, -0.1) is 5.10 Å². The molecule has 0 N–H and O–H groups in total. The minimum atomic E-state index is -3.61. The highest BCUT2D eigenvalue weighted by Gasteiger charge is 2.30. The third kappa shape index (κ3) is 3.19. The summed E-state index contributed by atoms with van der Waals surface area (Å²) in [7, 11) is -2.13. The van der Waals surface area contributed by atoms with Gasteiger partial charge in [0.25, 0.3) is 0 Å². The van der Waals surface area contributed by atoms with Crippen LogP contribution in [0.15, 0.2) is 27.5 Å². The van der Waals surface area contributed by atoms with Crippen LogP contribution >= 0.6 is 11.6 Å². The Kier molecular flexibility index (Phi) is 4.66. The molecule has 0 amide bonds. The summed E-state index contributed by atoms with van der Waals surface area (Å²) in [5.74, 6) is 0.917. The number of benzene rings is 1. The Hall–Kier alpha value is -1.84. The minimum absolute atomic E-state index is 0.149. The number of hydrogen-bond donors (Lipinski definition) is 0. The lowest BCUT2D eigenvalue weighted by Crippen LogP contribution is -2.48. The molecule has 10 heteroatoms. The van der Waals surface area contributed by atoms with Crippen LogP contribution in [-0.4, -0.2) is 56.2 Å². The standard InChI is InChI=1S/C14H17ClN4O4S/c1-10-16-17-14(23-10)18-5-7-19(8-6-18)24(20,21)11-3-4-13(22-2)12(15)9-11/h3-4,9H,5-8H2,1-2H3. The zero-order valence-corrected chi connectivity index (χ0v) is 14.8. The molecule has 0 atom stereocenters. The molecule has 24 heavy (non-hydrogen) atoms. The number of sulfonamides is 1. The Bertz CT molecular complexity index is 831. The molecule has 1 aromatic carbocycles. The molecule has 2 aromatic rings. The summed E-state index contributed by atoms with van der Waals surface area (Å²) in [5, 5.41) is 8.00. The van der Waals surface area contributed by atoms with Crippen LogP contribution in [0.5, 0.6) is 5.75 Å². The van der Waals surface area contributed by atoms with Gasteiger partial charge in [0.05, 0.1) is 17.0 Å². The Morgan fingerprint density at radius 2 is 1.92 bits per heavy atom. The second-order valence-corrected chi connectivity index (χ2v) is 7.64. The number of rotatable bonds is 4. The molecule has 130 valence electrons. The monoisotopic (exact) mass is 372 g/mol. The van der Waals surface area contributed by atoms with Crippen molar-refractivity contribution in [1.82, 2.24) is 14.5 Å². The minimum Gasteiger partial charge on any atom is -0.495 e. The van der Waals surface area contributed by atoms with Gasteiger partial charge in [-0.25, -0.2) is 8.42 Å². The Balaban J connectivity index is 1.74. The van der Waals surface area contributed by atoms with Crippen LogP contribution in [0, 0.1) is 6.92 Å². The Labute approximate surface area is 145 Å². The van der Waals surface area contributed by atoms with Crippen molar-refractivity contribution in [2.45, 2.75) is 11.8 Å². The lowest BCUT2D eigenvalue weighted by molar-refractivity contribution is 0.370. The zero-order valence-electron chi connectivity index (χ0n) is 13.3. The van der Waals surface area contributed by atoms with Crippen LogP contribution in [0.2, 0.25) is 5.02 Å². The number of hydrogen-bond acceptors (Lipinski definition) is 7. The first-order valence-electron chi connectivity index (χ1n) is 7.30. The second-order valence-electron chi connectivity index (χ2n) is 5.29. The fourth-order valence-electron chi connectivity index (χ4n) is 2.49.